The van der Waals surface area contributed by atoms with Crippen LogP contribution in [0, 0.1) is 0 Å². The Bertz CT molecular complexity index is 105. The fourth-order valence-electron chi connectivity index (χ4n) is 0.247. The minimum atomic E-state index is -1.78. The van der Waals surface area contributed by atoms with Crippen LogP contribution in [0.1, 0.15) is 6.42 Å². The fraction of sp³-hybridized carbons (Fsp3) is 0.400. The van der Waals surface area contributed by atoms with E-state index in [1.54, 1.807) is 0 Å². The molecular formula is C5H7AgFO2. The molecule has 0 aliphatic carbocycles. The maximum atomic E-state index is 11.9. The molecule has 0 aliphatic rings. The number of allylic oxidation sites excluding steroid dienone is 1. The summed E-state index contributed by atoms with van der Waals surface area (Å²) < 4.78 is 11.9. The molecule has 2 nitrogen and oxygen atoms in total. The van der Waals surface area contributed by atoms with E-state index in [-0.39, 0.29) is 28.8 Å². The first kappa shape index (κ1) is 11.6. The number of carbonyl (C=O) groups is 1. The molecule has 0 spiro atoms. The van der Waals surface area contributed by atoms with Gasteiger partial charge in [-0.1, -0.05) is 6.08 Å². The Balaban J connectivity index is 0. The first-order valence-electron chi connectivity index (χ1n) is 2.16. The fourth-order valence-corrected chi connectivity index (χ4v) is 0.247. The maximum Gasteiger partial charge on any atom is 0.338 e. The third kappa shape index (κ3) is 5.76. The molecule has 0 saturated heterocycles. The molecule has 4 heteroatoms. The summed E-state index contributed by atoms with van der Waals surface area (Å²) in [6.07, 6.45) is -0.666. The minimum Gasteiger partial charge on any atom is -0.479 e. The van der Waals surface area contributed by atoms with Gasteiger partial charge in [0.25, 0.3) is 0 Å². The van der Waals surface area contributed by atoms with Crippen molar-refractivity contribution in [2.75, 3.05) is 0 Å². The van der Waals surface area contributed by atoms with Crippen LogP contribution in [0.5, 0.6) is 0 Å². The van der Waals surface area contributed by atoms with E-state index >= 15 is 0 Å². The van der Waals surface area contributed by atoms with Crippen LogP contribution in [0.3, 0.4) is 0 Å². The molecule has 0 amide bonds. The summed E-state index contributed by atoms with van der Waals surface area (Å²) in [5, 5.41) is 7.89. The average Bonchev–Trinajstić information content (AvgIpc) is 1.67. The zero-order valence-electron chi connectivity index (χ0n) is 4.60. The van der Waals surface area contributed by atoms with Gasteiger partial charge in [0, 0.05) is 28.8 Å². The van der Waals surface area contributed by atoms with Gasteiger partial charge in [-0.05, 0) is 0 Å². The van der Waals surface area contributed by atoms with E-state index in [2.05, 4.69) is 6.58 Å². The van der Waals surface area contributed by atoms with Gasteiger partial charge < -0.3 is 5.11 Å². The molecular weight excluding hydrogens is 219 g/mol. The summed E-state index contributed by atoms with van der Waals surface area (Å²) in [5.74, 6) is -1.43. The quantitative estimate of drug-likeness (QED) is 0.575. The molecule has 0 bridgehead atoms. The summed E-state index contributed by atoms with van der Waals surface area (Å²) in [6, 6.07) is 0. The Kier molecular flexibility index (Phi) is 7.78. The predicted octanol–water partition coefficient (Wildman–Crippen LogP) is 0.983. The molecule has 0 aromatic carbocycles. The summed E-state index contributed by atoms with van der Waals surface area (Å²) in [7, 11) is 0. The van der Waals surface area contributed by atoms with Crippen molar-refractivity contribution >= 4 is 5.97 Å². The second kappa shape index (κ2) is 6.01. The Morgan fingerprint density at radius 3 is 2.44 bits per heavy atom. The maximum absolute atomic E-state index is 11.9. The van der Waals surface area contributed by atoms with Gasteiger partial charge in [0.2, 0.25) is 0 Å². The van der Waals surface area contributed by atoms with Crippen LogP contribution in [0.15, 0.2) is 12.7 Å². The van der Waals surface area contributed by atoms with Crippen molar-refractivity contribution < 1.29 is 36.7 Å². The Morgan fingerprint density at radius 1 is 1.89 bits per heavy atom. The Labute approximate surface area is 68.3 Å². The molecule has 0 fully saturated rings. The van der Waals surface area contributed by atoms with E-state index in [1.165, 1.54) is 6.08 Å². The molecule has 1 unspecified atom stereocenters. The molecule has 0 aromatic rings. The SMILES string of the molecule is C=CCC(F)C(=O)O.[Ag]. The molecule has 1 N–H and O–H groups in total. The first-order chi connectivity index (χ1) is 3.68. The van der Waals surface area contributed by atoms with Crippen LogP contribution in [0.2, 0.25) is 0 Å². The number of alkyl halides is 1. The van der Waals surface area contributed by atoms with Gasteiger partial charge in [-0.15, -0.1) is 6.58 Å². The third-order valence-electron chi connectivity index (χ3n) is 0.642. The van der Waals surface area contributed by atoms with Crippen molar-refractivity contribution in [2.45, 2.75) is 12.6 Å². The van der Waals surface area contributed by atoms with E-state index < -0.39 is 12.1 Å². The van der Waals surface area contributed by atoms with Crippen molar-refractivity contribution in [3.05, 3.63) is 12.7 Å². The number of aliphatic carboxylic acids is 1. The Hall–Kier alpha value is -0.120. The van der Waals surface area contributed by atoms with Gasteiger partial charge in [0.15, 0.2) is 6.17 Å². The van der Waals surface area contributed by atoms with Crippen LogP contribution in [-0.2, 0) is 27.2 Å². The zero-order valence-corrected chi connectivity index (χ0v) is 6.09. The third-order valence-corrected chi connectivity index (χ3v) is 0.642. The number of carboxylic acids is 1. The van der Waals surface area contributed by atoms with Gasteiger partial charge in [-0.2, -0.15) is 0 Å². The summed E-state index contributed by atoms with van der Waals surface area (Å²) in [4.78, 5) is 9.67. The van der Waals surface area contributed by atoms with E-state index in [1.807, 2.05) is 0 Å². The predicted molar refractivity (Wildman–Crippen MR) is 27.3 cm³/mol. The minimum absolute atomic E-state index is 0. The molecule has 0 aromatic heterocycles. The zero-order chi connectivity index (χ0) is 6.57. The molecule has 9 heavy (non-hydrogen) atoms. The second-order valence-electron chi connectivity index (χ2n) is 1.33. The van der Waals surface area contributed by atoms with Crippen molar-refractivity contribution in [1.29, 1.82) is 0 Å². The topological polar surface area (TPSA) is 37.3 Å². The monoisotopic (exact) mass is 225 g/mol. The van der Waals surface area contributed by atoms with Crippen molar-refractivity contribution in [2.24, 2.45) is 0 Å². The molecule has 0 heterocycles. The second-order valence-corrected chi connectivity index (χ2v) is 1.33. The van der Waals surface area contributed by atoms with E-state index in [9.17, 15) is 9.18 Å². The van der Waals surface area contributed by atoms with Crippen LogP contribution < -0.4 is 0 Å². The first-order valence-corrected chi connectivity index (χ1v) is 2.16. The molecule has 0 rings (SSSR count). The number of rotatable bonds is 3. The largest absolute Gasteiger partial charge is 0.479 e. The average molecular weight is 226 g/mol. The summed E-state index contributed by atoms with van der Waals surface area (Å²) >= 11 is 0. The molecule has 1 radical (unpaired) electrons. The summed E-state index contributed by atoms with van der Waals surface area (Å²) in [5.41, 5.74) is 0. The van der Waals surface area contributed by atoms with Crippen molar-refractivity contribution in [1.82, 2.24) is 0 Å². The molecule has 0 aliphatic heterocycles. The van der Waals surface area contributed by atoms with E-state index in [4.69, 9.17) is 5.11 Å². The smallest absolute Gasteiger partial charge is 0.338 e. The molecule has 57 valence electrons. The number of carboxylic acid groups (broad SMARTS) is 1. The standard InChI is InChI=1S/C5H7FO2.Ag/c1-2-3-4(6)5(7)8;/h2,4H,1,3H2,(H,7,8);. The van der Waals surface area contributed by atoms with Crippen LogP contribution in [0.4, 0.5) is 4.39 Å². The van der Waals surface area contributed by atoms with Crippen LogP contribution >= 0.6 is 0 Å². The van der Waals surface area contributed by atoms with Gasteiger partial charge >= 0.3 is 5.97 Å². The van der Waals surface area contributed by atoms with E-state index in [0.717, 1.165) is 0 Å². The normalized spacial score (nSPS) is 11.2. The van der Waals surface area contributed by atoms with E-state index in [0.29, 0.717) is 0 Å². The Morgan fingerprint density at radius 2 is 2.33 bits per heavy atom. The number of hydrogen-bond donors (Lipinski definition) is 1. The van der Waals surface area contributed by atoms with Crippen LogP contribution in [-0.4, -0.2) is 17.2 Å². The number of halogens is 1. The molecule has 1 atom stereocenters. The summed E-state index contributed by atoms with van der Waals surface area (Å²) in [6.45, 7) is 3.18. The van der Waals surface area contributed by atoms with Gasteiger partial charge in [0.05, 0.1) is 0 Å². The van der Waals surface area contributed by atoms with Gasteiger partial charge in [0.1, 0.15) is 0 Å². The van der Waals surface area contributed by atoms with Gasteiger partial charge in [-0.3, -0.25) is 0 Å². The van der Waals surface area contributed by atoms with Crippen molar-refractivity contribution in [3.8, 4) is 0 Å². The molecule has 0 saturated carbocycles. The van der Waals surface area contributed by atoms with Crippen LogP contribution in [0.25, 0.3) is 0 Å². The van der Waals surface area contributed by atoms with Gasteiger partial charge in [-0.25, -0.2) is 9.18 Å². The number of hydrogen-bond acceptors (Lipinski definition) is 1. The van der Waals surface area contributed by atoms with Crippen molar-refractivity contribution in [3.63, 3.8) is 0 Å².